The molecule has 36 heavy (non-hydrogen) atoms. The van der Waals surface area contributed by atoms with Crippen LogP contribution in [0.5, 0.6) is 0 Å². The summed E-state index contributed by atoms with van der Waals surface area (Å²) in [7, 11) is 0. The smallest absolute Gasteiger partial charge is 0.236 e. The predicted octanol–water partition coefficient (Wildman–Crippen LogP) is 4.81. The Kier molecular flexibility index (Phi) is 8.44. The molecule has 1 aliphatic heterocycles. The van der Waals surface area contributed by atoms with Crippen LogP contribution in [-0.4, -0.2) is 34.5 Å². The van der Waals surface area contributed by atoms with E-state index in [-0.39, 0.29) is 18.9 Å². The number of amides is 1. The number of thioether (sulfide) groups is 1. The first-order chi connectivity index (χ1) is 17.3. The summed E-state index contributed by atoms with van der Waals surface area (Å²) in [6.07, 6.45) is 0.646. The molecule has 0 aromatic heterocycles. The number of carbonyl (C=O) groups is 1. The number of aliphatic hydroxyl groups is 1. The van der Waals surface area contributed by atoms with Gasteiger partial charge >= 0.3 is 0 Å². The van der Waals surface area contributed by atoms with E-state index < -0.39 is 28.5 Å². The number of aryl methyl sites for hydroxylation is 1. The summed E-state index contributed by atoms with van der Waals surface area (Å²) in [5, 5.41) is 17.3. The zero-order chi connectivity index (χ0) is 25.7. The first-order valence-corrected chi connectivity index (χ1v) is 13.1. The Bertz CT molecular complexity index is 1170. The molecule has 0 radical (unpaired) electrons. The summed E-state index contributed by atoms with van der Waals surface area (Å²) in [5.74, 6) is -1.58. The van der Waals surface area contributed by atoms with Gasteiger partial charge in [0.25, 0.3) is 0 Å². The molecule has 0 spiro atoms. The third-order valence-corrected chi connectivity index (χ3v) is 7.96. The largest absolute Gasteiger partial charge is 0.390 e. The highest BCUT2D eigenvalue weighted by Crippen LogP contribution is 2.45. The number of halogens is 2. The van der Waals surface area contributed by atoms with Gasteiger partial charge in [-0.3, -0.25) is 4.79 Å². The standard InChI is InChI=1S/C29H32F2N2O2S/c1-3-19-7-6-8-20(11-19)17-32-18-26(34)25(14-21-12-23(30)15-24(31)13-21)33-28(35)29(2)16-22-9-4-5-10-27(22)36-29/h4-13,15,25-26,32,34H,3,14,16-18H2,1-2H3,(H,33,35). The second-order valence-corrected chi connectivity index (χ2v) is 11.1. The summed E-state index contributed by atoms with van der Waals surface area (Å²) >= 11 is 1.50. The number of nitrogens with one attached hydrogen (secondary N) is 2. The molecule has 1 amide bonds. The van der Waals surface area contributed by atoms with Crippen molar-refractivity contribution in [3.63, 3.8) is 0 Å². The Morgan fingerprint density at radius 2 is 1.75 bits per heavy atom. The van der Waals surface area contributed by atoms with Crippen molar-refractivity contribution >= 4 is 17.7 Å². The van der Waals surface area contributed by atoms with Crippen LogP contribution in [0.4, 0.5) is 8.78 Å². The average Bonchev–Trinajstić information content (AvgIpc) is 3.20. The molecule has 3 atom stereocenters. The van der Waals surface area contributed by atoms with E-state index in [1.807, 2.05) is 43.3 Å². The van der Waals surface area contributed by atoms with Crippen molar-refractivity contribution in [1.82, 2.24) is 10.6 Å². The number of carbonyl (C=O) groups excluding carboxylic acids is 1. The van der Waals surface area contributed by atoms with E-state index in [1.54, 1.807) is 0 Å². The maximum absolute atomic E-state index is 13.8. The number of rotatable bonds is 10. The minimum Gasteiger partial charge on any atom is -0.390 e. The Hall–Kier alpha value is -2.74. The molecule has 0 saturated heterocycles. The van der Waals surface area contributed by atoms with Gasteiger partial charge in [0.15, 0.2) is 0 Å². The van der Waals surface area contributed by atoms with Crippen molar-refractivity contribution in [2.24, 2.45) is 0 Å². The Balaban J connectivity index is 1.46. The topological polar surface area (TPSA) is 61.4 Å². The quantitative estimate of drug-likeness (QED) is 0.366. The lowest BCUT2D eigenvalue weighted by Gasteiger charge is -2.29. The van der Waals surface area contributed by atoms with Crippen molar-refractivity contribution in [2.45, 2.75) is 61.4 Å². The van der Waals surface area contributed by atoms with Gasteiger partial charge in [0.2, 0.25) is 5.91 Å². The van der Waals surface area contributed by atoms with Crippen LogP contribution in [0.2, 0.25) is 0 Å². The zero-order valence-corrected chi connectivity index (χ0v) is 21.4. The number of aliphatic hydroxyl groups excluding tert-OH is 1. The van der Waals surface area contributed by atoms with E-state index in [0.717, 1.165) is 28.5 Å². The molecule has 4 rings (SSSR count). The molecule has 7 heteroatoms. The lowest BCUT2D eigenvalue weighted by atomic mass is 9.97. The van der Waals surface area contributed by atoms with Crippen molar-refractivity contribution < 1.29 is 18.7 Å². The minimum atomic E-state index is -0.966. The second kappa shape index (κ2) is 11.5. The highest BCUT2D eigenvalue weighted by atomic mass is 32.2. The van der Waals surface area contributed by atoms with Crippen LogP contribution in [0, 0.1) is 11.6 Å². The molecule has 1 aliphatic rings. The average molecular weight is 511 g/mol. The molecular formula is C29H32F2N2O2S. The van der Waals surface area contributed by atoms with Gasteiger partial charge in [-0.25, -0.2) is 8.78 Å². The number of hydrogen-bond donors (Lipinski definition) is 3. The summed E-state index contributed by atoms with van der Waals surface area (Å²) in [6, 6.07) is 18.7. The summed E-state index contributed by atoms with van der Waals surface area (Å²) in [4.78, 5) is 14.5. The Labute approximate surface area is 215 Å². The maximum Gasteiger partial charge on any atom is 0.236 e. The molecule has 0 saturated carbocycles. The Morgan fingerprint density at radius 3 is 2.47 bits per heavy atom. The summed E-state index contributed by atoms with van der Waals surface area (Å²) in [5.41, 5.74) is 3.82. The first kappa shape index (κ1) is 26.3. The number of fused-ring (bicyclic) bond motifs is 1. The molecule has 1 heterocycles. The van der Waals surface area contributed by atoms with E-state index >= 15 is 0 Å². The van der Waals surface area contributed by atoms with Gasteiger partial charge in [0.1, 0.15) is 16.4 Å². The fraction of sp³-hybridized carbons (Fsp3) is 0.345. The van der Waals surface area contributed by atoms with Crippen LogP contribution in [0.1, 0.15) is 36.1 Å². The molecular weight excluding hydrogens is 478 g/mol. The van der Waals surface area contributed by atoms with Crippen LogP contribution in [0.15, 0.2) is 71.6 Å². The molecule has 3 aromatic rings. The SMILES string of the molecule is CCc1cccc(CNCC(O)C(Cc2cc(F)cc(F)c2)NC(=O)C2(C)Cc3ccccc3S2)c1. The Morgan fingerprint density at radius 1 is 1.03 bits per heavy atom. The highest BCUT2D eigenvalue weighted by molar-refractivity contribution is 8.01. The first-order valence-electron chi connectivity index (χ1n) is 12.2. The molecule has 190 valence electrons. The lowest BCUT2D eigenvalue weighted by Crippen LogP contribution is -2.53. The third kappa shape index (κ3) is 6.52. The van der Waals surface area contributed by atoms with Gasteiger partial charge in [-0.2, -0.15) is 0 Å². The lowest BCUT2D eigenvalue weighted by molar-refractivity contribution is -0.124. The van der Waals surface area contributed by atoms with Gasteiger partial charge in [0.05, 0.1) is 12.1 Å². The van der Waals surface area contributed by atoms with Gasteiger partial charge in [-0.1, -0.05) is 49.4 Å². The fourth-order valence-corrected chi connectivity index (χ4v) is 5.85. The van der Waals surface area contributed by atoms with Crippen LogP contribution < -0.4 is 10.6 Å². The molecule has 3 aromatic carbocycles. The second-order valence-electron chi connectivity index (χ2n) is 9.55. The molecule has 3 unspecified atom stereocenters. The van der Waals surface area contributed by atoms with Crippen molar-refractivity contribution in [3.05, 3.63) is 101 Å². The monoisotopic (exact) mass is 510 g/mol. The third-order valence-electron chi connectivity index (χ3n) is 6.56. The maximum atomic E-state index is 13.8. The molecule has 0 fully saturated rings. The fourth-order valence-electron chi connectivity index (χ4n) is 4.57. The minimum absolute atomic E-state index is 0.0995. The van der Waals surface area contributed by atoms with E-state index in [0.29, 0.717) is 18.5 Å². The van der Waals surface area contributed by atoms with E-state index in [1.165, 1.54) is 29.5 Å². The van der Waals surface area contributed by atoms with Gasteiger partial charge in [-0.05, 0) is 66.6 Å². The molecule has 0 bridgehead atoms. The molecule has 0 aliphatic carbocycles. The van der Waals surface area contributed by atoms with Crippen molar-refractivity contribution in [1.29, 1.82) is 0 Å². The zero-order valence-electron chi connectivity index (χ0n) is 20.6. The van der Waals surface area contributed by atoms with Crippen LogP contribution in [0.3, 0.4) is 0 Å². The summed E-state index contributed by atoms with van der Waals surface area (Å²) < 4.78 is 27.0. The van der Waals surface area contributed by atoms with Gasteiger partial charge in [0, 0.05) is 24.1 Å². The van der Waals surface area contributed by atoms with Crippen LogP contribution in [-0.2, 0) is 30.6 Å². The normalized spacial score (nSPS) is 18.5. The van der Waals surface area contributed by atoms with Crippen LogP contribution >= 0.6 is 11.8 Å². The summed E-state index contributed by atoms with van der Waals surface area (Å²) in [6.45, 7) is 4.75. The van der Waals surface area contributed by atoms with Crippen molar-refractivity contribution in [2.75, 3.05) is 6.54 Å². The highest BCUT2D eigenvalue weighted by Gasteiger charge is 2.41. The molecule has 3 N–H and O–H groups in total. The van der Waals surface area contributed by atoms with E-state index in [2.05, 4.69) is 29.7 Å². The number of hydrogen-bond acceptors (Lipinski definition) is 4. The number of benzene rings is 3. The predicted molar refractivity (Wildman–Crippen MR) is 140 cm³/mol. The van der Waals surface area contributed by atoms with Gasteiger partial charge in [-0.15, -0.1) is 11.8 Å². The van der Waals surface area contributed by atoms with Crippen LogP contribution in [0.25, 0.3) is 0 Å². The van der Waals surface area contributed by atoms with Gasteiger partial charge < -0.3 is 15.7 Å². The van der Waals surface area contributed by atoms with E-state index in [9.17, 15) is 18.7 Å². The van der Waals surface area contributed by atoms with E-state index in [4.69, 9.17) is 0 Å². The molecule has 4 nitrogen and oxygen atoms in total. The van der Waals surface area contributed by atoms with Crippen molar-refractivity contribution in [3.8, 4) is 0 Å².